The number of phenolic OH excluding ortho intramolecular Hbond substituents is 1. The summed E-state index contributed by atoms with van der Waals surface area (Å²) in [5, 5.41) is 16.2. The first-order chi connectivity index (χ1) is 13.0. The fourth-order valence-electron chi connectivity index (χ4n) is 2.68. The zero-order valence-electron chi connectivity index (χ0n) is 14.8. The number of aromatic hydroxyl groups is 1. The maximum Gasteiger partial charge on any atom is 0.314 e. The molecule has 0 saturated carbocycles. The molecule has 0 bridgehead atoms. The summed E-state index contributed by atoms with van der Waals surface area (Å²) in [6, 6.07) is 14.8. The van der Waals surface area contributed by atoms with Crippen molar-refractivity contribution in [3.8, 4) is 17.2 Å². The van der Waals surface area contributed by atoms with Crippen molar-refractivity contribution in [1.82, 2.24) is 0 Å². The van der Waals surface area contributed by atoms with Gasteiger partial charge in [0.25, 0.3) is 0 Å². The second-order valence-electron chi connectivity index (χ2n) is 5.66. The molecule has 3 aromatic carbocycles. The van der Waals surface area contributed by atoms with Crippen molar-refractivity contribution in [3.63, 3.8) is 0 Å². The molecule has 0 spiro atoms. The van der Waals surface area contributed by atoms with Crippen molar-refractivity contribution >= 4 is 34.0 Å². The summed E-state index contributed by atoms with van der Waals surface area (Å²) < 4.78 is 10.3. The highest BCUT2D eigenvalue weighted by molar-refractivity contribution is 6.44. The van der Waals surface area contributed by atoms with E-state index in [-0.39, 0.29) is 5.75 Å². The molecule has 0 fully saturated rings. The molecule has 0 aliphatic heterocycles. The lowest BCUT2D eigenvalue weighted by Gasteiger charge is -2.11. The topological polar surface area (TPSA) is 96.9 Å². The van der Waals surface area contributed by atoms with E-state index in [9.17, 15) is 14.7 Å². The molecule has 3 N–H and O–H groups in total. The molecule has 7 nitrogen and oxygen atoms in total. The summed E-state index contributed by atoms with van der Waals surface area (Å²) >= 11 is 0. The van der Waals surface area contributed by atoms with Crippen molar-refractivity contribution in [1.29, 1.82) is 0 Å². The Balaban J connectivity index is 1.77. The standard InChI is InChI=1S/C20H18N2O5/c1-26-17-10-9-12(11-18(17)27-2)21-19(24)20(25)22-15-7-3-6-14-13(15)5-4-8-16(14)23/h3-11,23H,1-2H3,(H,21,24)(H,22,25). The highest BCUT2D eigenvalue weighted by atomic mass is 16.5. The fraction of sp³-hybridized carbons (Fsp3) is 0.100. The molecule has 0 atom stereocenters. The molecule has 0 aromatic heterocycles. The Morgan fingerprint density at radius 3 is 2.22 bits per heavy atom. The third-order valence-corrected chi connectivity index (χ3v) is 3.99. The number of methoxy groups -OCH3 is 2. The predicted molar refractivity (Wildman–Crippen MR) is 102 cm³/mol. The van der Waals surface area contributed by atoms with Crippen LogP contribution in [0.3, 0.4) is 0 Å². The fourth-order valence-corrected chi connectivity index (χ4v) is 2.68. The Kier molecular flexibility index (Phi) is 5.12. The van der Waals surface area contributed by atoms with Gasteiger partial charge in [0.1, 0.15) is 5.75 Å². The monoisotopic (exact) mass is 366 g/mol. The Labute approximate surface area is 155 Å². The Morgan fingerprint density at radius 2 is 1.48 bits per heavy atom. The van der Waals surface area contributed by atoms with Crippen molar-refractivity contribution in [2.75, 3.05) is 24.9 Å². The molecule has 0 unspecified atom stereocenters. The first kappa shape index (κ1) is 18.1. The van der Waals surface area contributed by atoms with Gasteiger partial charge in [0.2, 0.25) is 0 Å². The summed E-state index contributed by atoms with van der Waals surface area (Å²) in [4.78, 5) is 24.5. The van der Waals surface area contributed by atoms with Crippen molar-refractivity contribution < 1.29 is 24.2 Å². The molecule has 0 aliphatic carbocycles. The van der Waals surface area contributed by atoms with E-state index in [1.165, 1.54) is 14.2 Å². The zero-order valence-corrected chi connectivity index (χ0v) is 14.8. The van der Waals surface area contributed by atoms with Crippen molar-refractivity contribution in [2.24, 2.45) is 0 Å². The van der Waals surface area contributed by atoms with Crippen LogP contribution in [-0.2, 0) is 9.59 Å². The van der Waals surface area contributed by atoms with Crippen LogP contribution < -0.4 is 20.1 Å². The largest absolute Gasteiger partial charge is 0.507 e. The molecule has 0 radical (unpaired) electrons. The van der Waals surface area contributed by atoms with Gasteiger partial charge in [-0.15, -0.1) is 0 Å². The number of hydrogen-bond donors (Lipinski definition) is 3. The molecule has 0 saturated heterocycles. The lowest BCUT2D eigenvalue weighted by Crippen LogP contribution is -2.29. The van der Waals surface area contributed by atoms with Crippen LogP contribution in [0.5, 0.6) is 17.2 Å². The average molecular weight is 366 g/mol. The van der Waals surface area contributed by atoms with E-state index in [0.29, 0.717) is 33.6 Å². The van der Waals surface area contributed by atoms with E-state index >= 15 is 0 Å². The third kappa shape index (κ3) is 3.77. The Hall–Kier alpha value is -3.74. The van der Waals surface area contributed by atoms with Crippen LogP contribution in [0.2, 0.25) is 0 Å². The van der Waals surface area contributed by atoms with Gasteiger partial charge in [0, 0.05) is 28.2 Å². The molecule has 2 amide bonds. The number of phenols is 1. The van der Waals surface area contributed by atoms with Gasteiger partial charge in [-0.3, -0.25) is 9.59 Å². The zero-order chi connectivity index (χ0) is 19.4. The third-order valence-electron chi connectivity index (χ3n) is 3.99. The van der Waals surface area contributed by atoms with E-state index in [1.807, 2.05) is 0 Å². The molecule has 3 aromatic rings. The normalized spacial score (nSPS) is 10.3. The molecule has 7 heteroatoms. The second kappa shape index (κ2) is 7.65. The van der Waals surface area contributed by atoms with Gasteiger partial charge in [-0.1, -0.05) is 24.3 Å². The first-order valence-corrected chi connectivity index (χ1v) is 8.08. The maximum atomic E-state index is 12.3. The highest BCUT2D eigenvalue weighted by Gasteiger charge is 2.16. The summed E-state index contributed by atoms with van der Waals surface area (Å²) in [7, 11) is 2.98. The van der Waals surface area contributed by atoms with Gasteiger partial charge in [0.15, 0.2) is 11.5 Å². The van der Waals surface area contributed by atoms with Gasteiger partial charge >= 0.3 is 11.8 Å². The van der Waals surface area contributed by atoms with E-state index in [4.69, 9.17) is 9.47 Å². The van der Waals surface area contributed by atoms with Crippen molar-refractivity contribution in [2.45, 2.75) is 0 Å². The summed E-state index contributed by atoms with van der Waals surface area (Å²) in [5.41, 5.74) is 0.819. The number of carbonyl (C=O) groups is 2. The van der Waals surface area contributed by atoms with E-state index < -0.39 is 11.8 Å². The number of rotatable bonds is 4. The van der Waals surface area contributed by atoms with Crippen molar-refractivity contribution in [3.05, 3.63) is 54.6 Å². The SMILES string of the molecule is COc1ccc(NC(=O)C(=O)Nc2cccc3c(O)cccc23)cc1OC. The van der Waals surface area contributed by atoms with Crippen LogP contribution in [-0.4, -0.2) is 31.1 Å². The molecule has 3 rings (SSSR count). The van der Waals surface area contributed by atoms with E-state index in [2.05, 4.69) is 10.6 Å². The van der Waals surface area contributed by atoms with Crippen LogP contribution in [0.25, 0.3) is 10.8 Å². The first-order valence-electron chi connectivity index (χ1n) is 8.08. The van der Waals surface area contributed by atoms with E-state index in [1.54, 1.807) is 54.6 Å². The summed E-state index contributed by atoms with van der Waals surface area (Å²) in [5.74, 6) is -0.630. The van der Waals surface area contributed by atoms with Crippen LogP contribution in [0, 0.1) is 0 Å². The second-order valence-corrected chi connectivity index (χ2v) is 5.66. The molecule has 0 aliphatic rings. The molecule has 0 heterocycles. The number of anilines is 2. The number of ether oxygens (including phenoxy) is 2. The van der Waals surface area contributed by atoms with Gasteiger partial charge in [-0.05, 0) is 24.3 Å². The molecular formula is C20H18N2O5. The predicted octanol–water partition coefficient (Wildman–Crippen LogP) is 3.14. The average Bonchev–Trinajstić information content (AvgIpc) is 2.68. The van der Waals surface area contributed by atoms with Crippen LogP contribution in [0.4, 0.5) is 11.4 Å². The lowest BCUT2D eigenvalue weighted by atomic mass is 10.1. The minimum absolute atomic E-state index is 0.0957. The highest BCUT2D eigenvalue weighted by Crippen LogP contribution is 2.31. The lowest BCUT2D eigenvalue weighted by molar-refractivity contribution is -0.132. The quantitative estimate of drug-likeness (QED) is 0.617. The van der Waals surface area contributed by atoms with Gasteiger partial charge < -0.3 is 25.2 Å². The number of carbonyl (C=O) groups excluding carboxylic acids is 2. The smallest absolute Gasteiger partial charge is 0.314 e. The number of benzene rings is 3. The van der Waals surface area contributed by atoms with Gasteiger partial charge in [-0.25, -0.2) is 0 Å². The molecule has 138 valence electrons. The Bertz CT molecular complexity index is 1020. The number of amides is 2. The number of fused-ring (bicyclic) bond motifs is 1. The summed E-state index contributed by atoms with van der Waals surface area (Å²) in [6.07, 6.45) is 0. The van der Waals surface area contributed by atoms with Crippen LogP contribution in [0.1, 0.15) is 0 Å². The number of nitrogens with one attached hydrogen (secondary N) is 2. The number of hydrogen-bond acceptors (Lipinski definition) is 5. The van der Waals surface area contributed by atoms with Gasteiger partial charge in [0.05, 0.1) is 14.2 Å². The minimum atomic E-state index is -0.834. The van der Waals surface area contributed by atoms with Gasteiger partial charge in [-0.2, -0.15) is 0 Å². The van der Waals surface area contributed by atoms with Crippen LogP contribution >= 0.6 is 0 Å². The molecular weight excluding hydrogens is 348 g/mol. The Morgan fingerprint density at radius 1 is 0.815 bits per heavy atom. The molecule has 27 heavy (non-hydrogen) atoms. The van der Waals surface area contributed by atoms with E-state index in [0.717, 1.165) is 0 Å². The summed E-state index contributed by atoms with van der Waals surface area (Å²) in [6.45, 7) is 0. The maximum absolute atomic E-state index is 12.3. The minimum Gasteiger partial charge on any atom is -0.507 e. The van der Waals surface area contributed by atoms with Crippen LogP contribution in [0.15, 0.2) is 54.6 Å².